The van der Waals surface area contributed by atoms with Crippen LogP contribution in [0.2, 0.25) is 0 Å². The number of H-pyrrole nitrogens is 1. The van der Waals surface area contributed by atoms with Gasteiger partial charge in [0.05, 0.1) is 12.8 Å². The van der Waals surface area contributed by atoms with Gasteiger partial charge in [-0.1, -0.05) is 31.5 Å². The maximum absolute atomic E-state index is 12.2. The lowest BCUT2D eigenvalue weighted by atomic mass is 10.1. The van der Waals surface area contributed by atoms with Gasteiger partial charge in [-0.3, -0.25) is 4.79 Å². The van der Waals surface area contributed by atoms with E-state index in [1.54, 1.807) is 30.5 Å². The highest BCUT2D eigenvalue weighted by Crippen LogP contribution is 2.22. The van der Waals surface area contributed by atoms with E-state index >= 15 is 0 Å². The third kappa shape index (κ3) is 3.31. The number of nitrogens with one attached hydrogen (secondary N) is 2. The summed E-state index contributed by atoms with van der Waals surface area (Å²) in [5.74, 6) is -0.717. The molecule has 2 rings (SSSR count). The highest BCUT2D eigenvalue weighted by atomic mass is 16.5. The Morgan fingerprint density at radius 3 is 2.57 bits per heavy atom. The van der Waals surface area contributed by atoms with Crippen molar-refractivity contribution in [1.29, 1.82) is 0 Å². The summed E-state index contributed by atoms with van der Waals surface area (Å²) >= 11 is 0. The summed E-state index contributed by atoms with van der Waals surface area (Å²) in [5.41, 5.74) is 2.14. The standard InChI is InChI=1S/C16H18N2O3/c1-3-7-12-14(16(20)21-2)13(10-17-12)18-15(19)11-8-5-4-6-9-11/h4-6,8-10,17H,3,7H2,1-2H3,(H,18,19). The predicted molar refractivity (Wildman–Crippen MR) is 80.5 cm³/mol. The Hall–Kier alpha value is -2.56. The Morgan fingerprint density at radius 1 is 1.24 bits per heavy atom. The molecule has 0 unspecified atom stereocenters. The van der Waals surface area contributed by atoms with Gasteiger partial charge in [0.15, 0.2) is 0 Å². The van der Waals surface area contributed by atoms with Gasteiger partial charge in [0.25, 0.3) is 5.91 Å². The van der Waals surface area contributed by atoms with Crippen molar-refractivity contribution in [2.45, 2.75) is 19.8 Å². The molecule has 0 aliphatic heterocycles. The van der Waals surface area contributed by atoms with Gasteiger partial charge in [-0.25, -0.2) is 4.79 Å². The van der Waals surface area contributed by atoms with E-state index in [4.69, 9.17) is 4.74 Å². The number of hydrogen-bond donors (Lipinski definition) is 2. The van der Waals surface area contributed by atoms with Crippen LogP contribution in [0.3, 0.4) is 0 Å². The van der Waals surface area contributed by atoms with Crippen molar-refractivity contribution in [3.05, 3.63) is 53.3 Å². The lowest BCUT2D eigenvalue weighted by Crippen LogP contribution is -2.14. The number of esters is 1. The summed E-state index contributed by atoms with van der Waals surface area (Å²) in [7, 11) is 1.33. The zero-order valence-electron chi connectivity index (χ0n) is 12.1. The van der Waals surface area contributed by atoms with Gasteiger partial charge >= 0.3 is 5.97 Å². The van der Waals surface area contributed by atoms with Gasteiger partial charge in [-0.05, 0) is 18.6 Å². The fourth-order valence-electron chi connectivity index (χ4n) is 2.13. The van der Waals surface area contributed by atoms with Gasteiger partial charge in [-0.2, -0.15) is 0 Å². The SMILES string of the molecule is CCCc1[nH]cc(NC(=O)c2ccccc2)c1C(=O)OC. The third-order valence-electron chi connectivity index (χ3n) is 3.14. The van der Waals surface area contributed by atoms with Crippen molar-refractivity contribution in [2.75, 3.05) is 12.4 Å². The zero-order valence-corrected chi connectivity index (χ0v) is 12.1. The van der Waals surface area contributed by atoms with Gasteiger partial charge in [0.2, 0.25) is 0 Å². The smallest absolute Gasteiger partial charge is 0.341 e. The van der Waals surface area contributed by atoms with Crippen LogP contribution >= 0.6 is 0 Å². The molecule has 5 heteroatoms. The lowest BCUT2D eigenvalue weighted by molar-refractivity contribution is 0.0601. The average Bonchev–Trinajstić information content (AvgIpc) is 2.90. The molecule has 0 saturated heterocycles. The number of aryl methyl sites for hydroxylation is 1. The quantitative estimate of drug-likeness (QED) is 0.830. The maximum atomic E-state index is 12.2. The topological polar surface area (TPSA) is 71.2 Å². The van der Waals surface area contributed by atoms with Crippen LogP contribution in [0.1, 0.15) is 39.8 Å². The molecular formula is C16H18N2O3. The molecule has 2 aromatic rings. The van der Waals surface area contributed by atoms with Gasteiger partial charge in [0.1, 0.15) is 5.56 Å². The zero-order chi connectivity index (χ0) is 15.2. The van der Waals surface area contributed by atoms with E-state index in [2.05, 4.69) is 10.3 Å². The molecule has 0 spiro atoms. The first-order valence-corrected chi connectivity index (χ1v) is 6.82. The fourth-order valence-corrected chi connectivity index (χ4v) is 2.13. The van der Waals surface area contributed by atoms with Crippen LogP contribution in [0.25, 0.3) is 0 Å². The van der Waals surface area contributed by atoms with Crippen LogP contribution in [0.5, 0.6) is 0 Å². The molecule has 1 heterocycles. The molecule has 2 N–H and O–H groups in total. The first kappa shape index (κ1) is 14.8. The molecule has 0 aliphatic carbocycles. The highest BCUT2D eigenvalue weighted by Gasteiger charge is 2.20. The van der Waals surface area contributed by atoms with Crippen molar-refractivity contribution in [3.63, 3.8) is 0 Å². The van der Waals surface area contributed by atoms with Crippen LogP contribution < -0.4 is 5.32 Å². The molecule has 1 amide bonds. The van der Waals surface area contributed by atoms with Crippen LogP contribution in [0.15, 0.2) is 36.5 Å². The third-order valence-corrected chi connectivity index (χ3v) is 3.14. The largest absolute Gasteiger partial charge is 0.465 e. The van der Waals surface area contributed by atoms with Crippen molar-refractivity contribution >= 4 is 17.6 Å². The Balaban J connectivity index is 2.27. The van der Waals surface area contributed by atoms with E-state index in [9.17, 15) is 9.59 Å². The minimum Gasteiger partial charge on any atom is -0.465 e. The molecule has 0 aliphatic rings. The Bertz CT molecular complexity index is 632. The summed E-state index contributed by atoms with van der Waals surface area (Å²) in [4.78, 5) is 27.1. The fraction of sp³-hybridized carbons (Fsp3) is 0.250. The number of anilines is 1. The van der Waals surface area contributed by atoms with Crippen molar-refractivity contribution in [2.24, 2.45) is 0 Å². The number of carbonyl (C=O) groups is 2. The number of hydrogen-bond acceptors (Lipinski definition) is 3. The molecule has 110 valence electrons. The summed E-state index contributed by atoms with van der Waals surface area (Å²) in [5, 5.41) is 2.75. The van der Waals surface area contributed by atoms with Gasteiger partial charge < -0.3 is 15.0 Å². The normalized spacial score (nSPS) is 10.2. The minimum atomic E-state index is -0.455. The number of methoxy groups -OCH3 is 1. The van der Waals surface area contributed by atoms with E-state index in [0.717, 1.165) is 12.1 Å². The van der Waals surface area contributed by atoms with E-state index in [1.807, 2.05) is 13.0 Å². The second-order valence-electron chi connectivity index (χ2n) is 4.62. The van der Waals surface area contributed by atoms with Crippen LogP contribution in [0, 0.1) is 0 Å². The van der Waals surface area contributed by atoms with Crippen molar-refractivity contribution in [3.8, 4) is 0 Å². The molecule has 5 nitrogen and oxygen atoms in total. The summed E-state index contributed by atoms with van der Waals surface area (Å²) in [6, 6.07) is 8.84. The molecule has 0 bridgehead atoms. The Kier molecular flexibility index (Phi) is 4.77. The molecule has 0 atom stereocenters. The number of ether oxygens (including phenoxy) is 1. The molecule has 1 aromatic carbocycles. The summed E-state index contributed by atoms with van der Waals surface area (Å²) in [6.45, 7) is 2.02. The monoisotopic (exact) mass is 286 g/mol. The molecule has 21 heavy (non-hydrogen) atoms. The number of aromatic amines is 1. The molecule has 1 aromatic heterocycles. The van der Waals surface area contributed by atoms with Gasteiger partial charge in [0, 0.05) is 17.5 Å². The van der Waals surface area contributed by atoms with Crippen LogP contribution in [0.4, 0.5) is 5.69 Å². The minimum absolute atomic E-state index is 0.261. The average molecular weight is 286 g/mol. The maximum Gasteiger partial charge on any atom is 0.341 e. The Morgan fingerprint density at radius 2 is 1.95 bits per heavy atom. The second kappa shape index (κ2) is 6.74. The van der Waals surface area contributed by atoms with Crippen LogP contribution in [-0.2, 0) is 11.2 Å². The number of aromatic nitrogens is 1. The molecule has 0 saturated carbocycles. The number of rotatable bonds is 5. The van der Waals surface area contributed by atoms with E-state index < -0.39 is 5.97 Å². The van der Waals surface area contributed by atoms with Crippen molar-refractivity contribution < 1.29 is 14.3 Å². The first-order valence-electron chi connectivity index (χ1n) is 6.82. The Labute approximate surface area is 123 Å². The lowest BCUT2D eigenvalue weighted by Gasteiger charge is -2.07. The molecular weight excluding hydrogens is 268 g/mol. The van der Waals surface area contributed by atoms with E-state index in [-0.39, 0.29) is 5.91 Å². The number of carbonyl (C=O) groups excluding carboxylic acids is 2. The van der Waals surface area contributed by atoms with Crippen LogP contribution in [-0.4, -0.2) is 24.0 Å². The summed E-state index contributed by atoms with van der Waals surface area (Å²) < 4.78 is 4.80. The first-order chi connectivity index (χ1) is 10.2. The summed E-state index contributed by atoms with van der Waals surface area (Å²) in [6.07, 6.45) is 3.22. The number of amides is 1. The van der Waals surface area contributed by atoms with E-state index in [0.29, 0.717) is 23.2 Å². The van der Waals surface area contributed by atoms with Gasteiger partial charge in [-0.15, -0.1) is 0 Å². The highest BCUT2D eigenvalue weighted by molar-refractivity contribution is 6.08. The second-order valence-corrected chi connectivity index (χ2v) is 4.62. The predicted octanol–water partition coefficient (Wildman–Crippen LogP) is 3.01. The molecule has 0 fully saturated rings. The molecule has 0 radical (unpaired) electrons. The number of benzene rings is 1. The van der Waals surface area contributed by atoms with E-state index in [1.165, 1.54) is 7.11 Å². The van der Waals surface area contributed by atoms with Crippen molar-refractivity contribution in [1.82, 2.24) is 4.98 Å².